The fourth-order valence-electron chi connectivity index (χ4n) is 3.24. The van der Waals surface area contributed by atoms with Crippen molar-refractivity contribution in [3.63, 3.8) is 0 Å². The number of pyridine rings is 1. The lowest BCUT2D eigenvalue weighted by Gasteiger charge is -2.14. The van der Waals surface area contributed by atoms with Crippen LogP contribution in [0.3, 0.4) is 0 Å². The van der Waals surface area contributed by atoms with Crippen molar-refractivity contribution in [3.8, 4) is 11.1 Å². The minimum atomic E-state index is -1.49. The maximum atomic E-state index is 13.8. The molecule has 0 saturated carbocycles. The Balaban J connectivity index is 1.65. The van der Waals surface area contributed by atoms with E-state index in [1.54, 1.807) is 16.9 Å². The van der Waals surface area contributed by atoms with E-state index >= 15 is 0 Å². The standard InChI is InChI=1S/C22H26FN7O/c1-13(2)8-25-21-26-10-16-15(9-24-19(16)29-21)14-5-6-30-18(7-14)17(11-28-30)20(31)27-12-22(3,4)23/h5-7,9-11,13H,8,12H2,1-4H3,(H,27,31)(H2,24,25,26,29). The molecule has 8 nitrogen and oxygen atoms in total. The van der Waals surface area contributed by atoms with E-state index in [4.69, 9.17) is 0 Å². The Bertz CT molecular complexity index is 1240. The van der Waals surface area contributed by atoms with Crippen LogP contribution in [0.2, 0.25) is 0 Å². The predicted octanol–water partition coefficient (Wildman–Crippen LogP) is 3.82. The average molecular weight is 423 g/mol. The molecule has 0 atom stereocenters. The number of alkyl halides is 1. The van der Waals surface area contributed by atoms with Crippen LogP contribution in [0.5, 0.6) is 0 Å². The summed E-state index contributed by atoms with van der Waals surface area (Å²) in [5.41, 5.74) is 2.08. The van der Waals surface area contributed by atoms with Crippen LogP contribution in [0.25, 0.3) is 27.7 Å². The first-order valence-electron chi connectivity index (χ1n) is 10.2. The van der Waals surface area contributed by atoms with E-state index in [9.17, 15) is 9.18 Å². The number of rotatable bonds is 7. The normalized spacial score (nSPS) is 12.1. The molecule has 4 heterocycles. The molecule has 0 spiro atoms. The van der Waals surface area contributed by atoms with Gasteiger partial charge in [-0.25, -0.2) is 13.9 Å². The summed E-state index contributed by atoms with van der Waals surface area (Å²) in [6, 6.07) is 3.80. The lowest BCUT2D eigenvalue weighted by Crippen LogP contribution is -2.35. The van der Waals surface area contributed by atoms with Crippen molar-refractivity contribution in [1.82, 2.24) is 29.9 Å². The van der Waals surface area contributed by atoms with Gasteiger partial charge in [0.1, 0.15) is 11.3 Å². The largest absolute Gasteiger partial charge is 0.354 e. The van der Waals surface area contributed by atoms with E-state index in [-0.39, 0.29) is 12.5 Å². The predicted molar refractivity (Wildman–Crippen MR) is 119 cm³/mol. The smallest absolute Gasteiger partial charge is 0.255 e. The molecule has 0 radical (unpaired) electrons. The van der Waals surface area contributed by atoms with E-state index in [0.29, 0.717) is 22.9 Å². The molecule has 0 unspecified atom stereocenters. The Morgan fingerprint density at radius 1 is 1.32 bits per heavy atom. The molecule has 4 aromatic heterocycles. The molecule has 4 aromatic rings. The molecule has 1 amide bonds. The SMILES string of the molecule is CC(C)CNc1ncc2c(-c3ccn4ncc(C(=O)NCC(C)(C)F)c4c3)c[nH]c2n1. The summed E-state index contributed by atoms with van der Waals surface area (Å²) in [5, 5.41) is 11.0. The molecule has 3 N–H and O–H groups in total. The van der Waals surface area contributed by atoms with Gasteiger partial charge in [0, 0.05) is 36.1 Å². The number of hydrogen-bond donors (Lipinski definition) is 3. The summed E-state index contributed by atoms with van der Waals surface area (Å²) in [4.78, 5) is 24.7. The third-order valence-corrected chi connectivity index (χ3v) is 4.85. The van der Waals surface area contributed by atoms with Crippen molar-refractivity contribution in [2.75, 3.05) is 18.4 Å². The fraction of sp³-hybridized carbons (Fsp3) is 0.364. The Labute approximate surface area is 179 Å². The van der Waals surface area contributed by atoms with Gasteiger partial charge >= 0.3 is 0 Å². The van der Waals surface area contributed by atoms with Crippen molar-refractivity contribution in [3.05, 3.63) is 42.5 Å². The summed E-state index contributed by atoms with van der Waals surface area (Å²) in [6.45, 7) is 7.81. The minimum Gasteiger partial charge on any atom is -0.354 e. The van der Waals surface area contributed by atoms with Crippen LogP contribution in [-0.4, -0.2) is 49.2 Å². The number of carbonyl (C=O) groups excluding carboxylic acids is 1. The molecule has 0 fully saturated rings. The molecular formula is C22H26FN7O. The number of halogens is 1. The molecule has 0 bridgehead atoms. The number of anilines is 1. The van der Waals surface area contributed by atoms with Crippen molar-refractivity contribution in [2.24, 2.45) is 5.92 Å². The Morgan fingerprint density at radius 3 is 2.87 bits per heavy atom. The van der Waals surface area contributed by atoms with Crippen LogP contribution in [0, 0.1) is 5.92 Å². The van der Waals surface area contributed by atoms with E-state index in [0.717, 1.165) is 28.7 Å². The zero-order valence-electron chi connectivity index (χ0n) is 18.0. The van der Waals surface area contributed by atoms with Gasteiger partial charge in [-0.15, -0.1) is 0 Å². The maximum absolute atomic E-state index is 13.8. The van der Waals surface area contributed by atoms with Crippen molar-refractivity contribution in [2.45, 2.75) is 33.4 Å². The highest BCUT2D eigenvalue weighted by Gasteiger charge is 2.20. The summed E-state index contributed by atoms with van der Waals surface area (Å²) in [7, 11) is 0. The van der Waals surface area contributed by atoms with Crippen LogP contribution < -0.4 is 10.6 Å². The maximum Gasteiger partial charge on any atom is 0.255 e. The molecule has 9 heteroatoms. The number of nitrogens with one attached hydrogen (secondary N) is 3. The van der Waals surface area contributed by atoms with Gasteiger partial charge < -0.3 is 15.6 Å². The molecule has 0 aliphatic carbocycles. The van der Waals surface area contributed by atoms with Crippen LogP contribution in [0.15, 0.2) is 36.9 Å². The van der Waals surface area contributed by atoms with Gasteiger partial charge in [0.15, 0.2) is 0 Å². The second-order valence-electron chi connectivity index (χ2n) is 8.64. The lowest BCUT2D eigenvalue weighted by molar-refractivity contribution is 0.0922. The average Bonchev–Trinajstić information content (AvgIpc) is 3.33. The van der Waals surface area contributed by atoms with Crippen molar-refractivity contribution >= 4 is 28.4 Å². The number of fused-ring (bicyclic) bond motifs is 2. The Kier molecular flexibility index (Phi) is 5.34. The van der Waals surface area contributed by atoms with E-state index in [1.165, 1.54) is 20.0 Å². The number of nitrogens with zero attached hydrogens (tertiary/aromatic N) is 4. The number of aromatic amines is 1. The van der Waals surface area contributed by atoms with Crippen molar-refractivity contribution < 1.29 is 9.18 Å². The third-order valence-electron chi connectivity index (χ3n) is 4.85. The quantitative estimate of drug-likeness (QED) is 0.420. The van der Waals surface area contributed by atoms with Gasteiger partial charge in [0.2, 0.25) is 5.95 Å². The summed E-state index contributed by atoms with van der Waals surface area (Å²) in [5.74, 6) is 0.708. The highest BCUT2D eigenvalue weighted by molar-refractivity contribution is 6.02. The minimum absolute atomic E-state index is 0.0736. The first-order chi connectivity index (χ1) is 14.7. The highest BCUT2D eigenvalue weighted by Crippen LogP contribution is 2.29. The number of hydrogen-bond acceptors (Lipinski definition) is 5. The van der Waals surface area contributed by atoms with Crippen LogP contribution in [0.1, 0.15) is 38.1 Å². The summed E-state index contributed by atoms with van der Waals surface area (Å²) in [6.07, 6.45) is 6.94. The van der Waals surface area contributed by atoms with Gasteiger partial charge in [-0.1, -0.05) is 13.8 Å². The van der Waals surface area contributed by atoms with Gasteiger partial charge in [0.25, 0.3) is 5.91 Å². The zero-order valence-corrected chi connectivity index (χ0v) is 18.0. The monoisotopic (exact) mass is 423 g/mol. The van der Waals surface area contributed by atoms with Gasteiger partial charge in [-0.3, -0.25) is 4.79 Å². The third kappa shape index (κ3) is 4.50. The van der Waals surface area contributed by atoms with E-state index in [2.05, 4.69) is 44.5 Å². The van der Waals surface area contributed by atoms with Crippen LogP contribution in [0.4, 0.5) is 10.3 Å². The molecule has 162 valence electrons. The molecule has 4 rings (SSSR count). The second kappa shape index (κ2) is 7.98. The number of carbonyl (C=O) groups is 1. The molecule has 0 aromatic carbocycles. The Morgan fingerprint density at radius 2 is 2.13 bits per heavy atom. The van der Waals surface area contributed by atoms with Gasteiger partial charge in [-0.05, 0) is 37.5 Å². The number of aromatic nitrogens is 5. The van der Waals surface area contributed by atoms with Crippen molar-refractivity contribution in [1.29, 1.82) is 0 Å². The van der Waals surface area contributed by atoms with Crippen LogP contribution in [-0.2, 0) is 0 Å². The molecule has 31 heavy (non-hydrogen) atoms. The molecule has 0 saturated heterocycles. The molecule has 0 aliphatic heterocycles. The Hall–Kier alpha value is -3.49. The van der Waals surface area contributed by atoms with Gasteiger partial charge in [-0.2, -0.15) is 10.1 Å². The second-order valence-corrected chi connectivity index (χ2v) is 8.64. The molecular weight excluding hydrogens is 397 g/mol. The lowest BCUT2D eigenvalue weighted by atomic mass is 10.1. The first-order valence-corrected chi connectivity index (χ1v) is 10.2. The van der Waals surface area contributed by atoms with Gasteiger partial charge in [0.05, 0.1) is 23.8 Å². The zero-order chi connectivity index (χ0) is 22.2. The number of H-pyrrole nitrogens is 1. The van der Waals surface area contributed by atoms with Crippen LogP contribution >= 0.6 is 0 Å². The fourth-order valence-corrected chi connectivity index (χ4v) is 3.24. The summed E-state index contributed by atoms with van der Waals surface area (Å²) < 4.78 is 15.4. The van der Waals surface area contributed by atoms with E-state index in [1.807, 2.05) is 18.3 Å². The first kappa shape index (κ1) is 20.8. The number of amides is 1. The summed E-state index contributed by atoms with van der Waals surface area (Å²) >= 11 is 0. The topological polar surface area (TPSA) is 100 Å². The highest BCUT2D eigenvalue weighted by atomic mass is 19.1. The molecule has 0 aliphatic rings. The van der Waals surface area contributed by atoms with E-state index < -0.39 is 5.67 Å².